The summed E-state index contributed by atoms with van der Waals surface area (Å²) in [6.45, 7) is 5.96. The number of hydrogen-bond donors (Lipinski definition) is 1. The molecule has 1 saturated heterocycles. The summed E-state index contributed by atoms with van der Waals surface area (Å²) in [7, 11) is 1.83. The highest BCUT2D eigenvalue weighted by Crippen LogP contribution is 2.15. The van der Waals surface area contributed by atoms with Crippen LogP contribution in [0.3, 0.4) is 0 Å². The van der Waals surface area contributed by atoms with E-state index >= 15 is 0 Å². The summed E-state index contributed by atoms with van der Waals surface area (Å²) in [5.74, 6) is 0.106. The summed E-state index contributed by atoms with van der Waals surface area (Å²) in [6.07, 6.45) is 5.47. The Morgan fingerprint density at radius 2 is 2.28 bits per heavy atom. The predicted molar refractivity (Wildman–Crippen MR) is 70.4 cm³/mol. The molecule has 0 aromatic carbocycles. The van der Waals surface area contributed by atoms with Crippen LogP contribution in [0.4, 0.5) is 0 Å². The van der Waals surface area contributed by atoms with Gasteiger partial charge in [-0.2, -0.15) is 5.10 Å². The fourth-order valence-electron chi connectivity index (χ4n) is 2.45. The van der Waals surface area contributed by atoms with Gasteiger partial charge in [0, 0.05) is 38.4 Å². The molecule has 5 nitrogen and oxygen atoms in total. The maximum atomic E-state index is 12.5. The molecule has 0 radical (unpaired) electrons. The first-order valence-electron chi connectivity index (χ1n) is 6.68. The van der Waals surface area contributed by atoms with Crippen molar-refractivity contribution in [1.82, 2.24) is 20.0 Å². The third kappa shape index (κ3) is 2.56. The van der Waals surface area contributed by atoms with Gasteiger partial charge >= 0.3 is 0 Å². The van der Waals surface area contributed by atoms with Gasteiger partial charge in [-0.25, -0.2) is 0 Å². The van der Waals surface area contributed by atoms with E-state index in [1.807, 2.05) is 11.9 Å². The first-order valence-corrected chi connectivity index (χ1v) is 6.68. The zero-order valence-electron chi connectivity index (χ0n) is 11.4. The second-order valence-corrected chi connectivity index (χ2v) is 4.94. The Hall–Kier alpha value is -1.36. The molecule has 2 heterocycles. The molecule has 18 heavy (non-hydrogen) atoms. The van der Waals surface area contributed by atoms with Crippen LogP contribution in [0.25, 0.3) is 0 Å². The van der Waals surface area contributed by atoms with Crippen LogP contribution in [0.5, 0.6) is 0 Å². The predicted octanol–water partition coefficient (Wildman–Crippen LogP) is 1.02. The Balaban J connectivity index is 2.14. The minimum atomic E-state index is 0.106. The number of rotatable bonds is 3. The Morgan fingerprint density at radius 3 is 2.83 bits per heavy atom. The third-order valence-corrected chi connectivity index (χ3v) is 3.68. The summed E-state index contributed by atoms with van der Waals surface area (Å²) in [6, 6.07) is 0.703. The fourth-order valence-corrected chi connectivity index (χ4v) is 2.45. The first-order chi connectivity index (χ1) is 8.65. The Morgan fingerprint density at radius 1 is 1.50 bits per heavy atom. The van der Waals surface area contributed by atoms with Crippen LogP contribution >= 0.6 is 0 Å². The molecule has 1 fully saturated rings. The highest BCUT2D eigenvalue weighted by atomic mass is 16.2. The van der Waals surface area contributed by atoms with Gasteiger partial charge in [0.2, 0.25) is 0 Å². The highest BCUT2D eigenvalue weighted by Gasteiger charge is 2.30. The van der Waals surface area contributed by atoms with E-state index in [-0.39, 0.29) is 5.91 Å². The van der Waals surface area contributed by atoms with E-state index in [1.165, 1.54) is 0 Å². The molecule has 1 N–H and O–H groups in total. The Bertz CT molecular complexity index is 415. The third-order valence-electron chi connectivity index (χ3n) is 3.68. The summed E-state index contributed by atoms with van der Waals surface area (Å²) in [4.78, 5) is 14.5. The van der Waals surface area contributed by atoms with E-state index in [4.69, 9.17) is 0 Å². The van der Waals surface area contributed by atoms with Gasteiger partial charge < -0.3 is 10.2 Å². The zero-order valence-corrected chi connectivity index (χ0v) is 11.4. The van der Waals surface area contributed by atoms with Crippen molar-refractivity contribution in [1.29, 1.82) is 0 Å². The van der Waals surface area contributed by atoms with Gasteiger partial charge in [-0.05, 0) is 12.8 Å². The number of hydrogen-bond acceptors (Lipinski definition) is 3. The Labute approximate surface area is 108 Å². The van der Waals surface area contributed by atoms with Gasteiger partial charge in [0.25, 0.3) is 5.91 Å². The normalized spacial score (nSPS) is 24.3. The first kappa shape index (κ1) is 13.1. The molecule has 0 spiro atoms. The number of nitrogens with zero attached hydrogens (tertiary/aromatic N) is 3. The second-order valence-electron chi connectivity index (χ2n) is 4.94. The largest absolute Gasteiger partial charge is 0.333 e. The number of aromatic nitrogens is 2. The summed E-state index contributed by atoms with van der Waals surface area (Å²) < 4.78 is 1.67. The molecule has 1 aromatic rings. The molecule has 1 aliphatic heterocycles. The van der Waals surface area contributed by atoms with E-state index in [0.29, 0.717) is 17.6 Å². The minimum Gasteiger partial charge on any atom is -0.333 e. The lowest BCUT2D eigenvalue weighted by Gasteiger charge is -2.39. The van der Waals surface area contributed by atoms with Crippen LogP contribution in [0.15, 0.2) is 12.4 Å². The van der Waals surface area contributed by atoms with Gasteiger partial charge in [0.1, 0.15) is 0 Å². The number of piperazine rings is 1. The van der Waals surface area contributed by atoms with E-state index in [9.17, 15) is 4.79 Å². The summed E-state index contributed by atoms with van der Waals surface area (Å²) in [5.41, 5.74) is 0.688. The van der Waals surface area contributed by atoms with Crippen molar-refractivity contribution >= 4 is 5.91 Å². The number of carbonyl (C=O) groups is 1. The lowest BCUT2D eigenvalue weighted by Crippen LogP contribution is -2.57. The molecule has 0 bridgehead atoms. The number of carbonyl (C=O) groups excluding carboxylic acids is 1. The Kier molecular flexibility index (Phi) is 4.01. The van der Waals surface area contributed by atoms with Crippen molar-refractivity contribution in [3.8, 4) is 0 Å². The molecule has 1 amide bonds. The van der Waals surface area contributed by atoms with Crippen molar-refractivity contribution in [2.24, 2.45) is 7.05 Å². The maximum absolute atomic E-state index is 12.5. The van der Waals surface area contributed by atoms with Gasteiger partial charge in [0.15, 0.2) is 0 Å². The van der Waals surface area contributed by atoms with Gasteiger partial charge in [-0.15, -0.1) is 0 Å². The molecule has 0 saturated carbocycles. The minimum absolute atomic E-state index is 0.106. The number of aryl methyl sites for hydroxylation is 1. The van der Waals surface area contributed by atoms with Crippen LogP contribution in [-0.4, -0.2) is 45.8 Å². The number of nitrogens with one attached hydrogen (secondary N) is 1. The lowest BCUT2D eigenvalue weighted by molar-refractivity contribution is 0.0576. The van der Waals surface area contributed by atoms with Crippen LogP contribution in [0.1, 0.15) is 37.0 Å². The molecule has 2 atom stereocenters. The second kappa shape index (κ2) is 5.52. The lowest BCUT2D eigenvalue weighted by atomic mass is 10.0. The molecule has 2 rings (SSSR count). The standard InChI is InChI=1S/C13H22N4O/c1-4-11-9-17(12(5-2)7-14-11)13(18)10-6-15-16(3)8-10/h6,8,11-12,14H,4-5,7,9H2,1-3H3. The highest BCUT2D eigenvalue weighted by molar-refractivity contribution is 5.94. The average molecular weight is 250 g/mol. The molecule has 5 heteroatoms. The van der Waals surface area contributed by atoms with E-state index in [2.05, 4.69) is 24.3 Å². The van der Waals surface area contributed by atoms with Crippen molar-refractivity contribution in [3.63, 3.8) is 0 Å². The molecule has 100 valence electrons. The molecular formula is C13H22N4O. The van der Waals surface area contributed by atoms with Gasteiger partial charge in [-0.1, -0.05) is 13.8 Å². The van der Waals surface area contributed by atoms with Crippen LogP contribution < -0.4 is 5.32 Å². The van der Waals surface area contributed by atoms with Crippen molar-refractivity contribution < 1.29 is 4.79 Å². The smallest absolute Gasteiger partial charge is 0.257 e. The summed E-state index contributed by atoms with van der Waals surface area (Å²) in [5, 5.41) is 7.57. The van der Waals surface area contributed by atoms with Gasteiger partial charge in [-0.3, -0.25) is 9.48 Å². The maximum Gasteiger partial charge on any atom is 0.257 e. The number of amides is 1. The molecule has 1 aromatic heterocycles. The van der Waals surface area contributed by atoms with Gasteiger partial charge in [0.05, 0.1) is 11.8 Å². The van der Waals surface area contributed by atoms with E-state index in [0.717, 1.165) is 25.9 Å². The van der Waals surface area contributed by atoms with E-state index < -0.39 is 0 Å². The van der Waals surface area contributed by atoms with Crippen molar-refractivity contribution in [2.75, 3.05) is 13.1 Å². The fraction of sp³-hybridized carbons (Fsp3) is 0.692. The van der Waals surface area contributed by atoms with Crippen molar-refractivity contribution in [2.45, 2.75) is 38.8 Å². The zero-order chi connectivity index (χ0) is 13.1. The molecule has 1 aliphatic rings. The van der Waals surface area contributed by atoms with Crippen molar-refractivity contribution in [3.05, 3.63) is 18.0 Å². The summed E-state index contributed by atoms with van der Waals surface area (Å²) >= 11 is 0. The molecular weight excluding hydrogens is 228 g/mol. The monoisotopic (exact) mass is 250 g/mol. The van der Waals surface area contributed by atoms with E-state index in [1.54, 1.807) is 17.1 Å². The van der Waals surface area contributed by atoms with Crippen LogP contribution in [-0.2, 0) is 7.05 Å². The van der Waals surface area contributed by atoms with Crippen LogP contribution in [0, 0.1) is 0 Å². The quantitative estimate of drug-likeness (QED) is 0.871. The molecule has 0 aliphatic carbocycles. The van der Waals surface area contributed by atoms with Crippen LogP contribution in [0.2, 0.25) is 0 Å². The topological polar surface area (TPSA) is 50.2 Å². The SMILES string of the molecule is CCC1CN(C(=O)c2cnn(C)c2)C(CC)CN1. The molecule has 2 unspecified atom stereocenters. The average Bonchev–Trinajstić information content (AvgIpc) is 2.83.